The molecule has 1 aliphatic carbocycles. The Labute approximate surface area is 216 Å². The van der Waals surface area contributed by atoms with Gasteiger partial charge in [-0.1, -0.05) is 80.4 Å². The number of benzene rings is 3. The summed E-state index contributed by atoms with van der Waals surface area (Å²) in [5, 5.41) is 3.88. The fraction of sp³-hybridized carbons (Fsp3) is 0.310. The van der Waals surface area contributed by atoms with Gasteiger partial charge in [0.05, 0.1) is 17.8 Å². The predicted octanol–water partition coefficient (Wildman–Crippen LogP) is 7.21. The molecule has 3 aromatic carbocycles. The first kappa shape index (κ1) is 24.0. The molecule has 180 valence electrons. The Balaban J connectivity index is 1.52. The maximum atomic E-state index is 13.8. The van der Waals surface area contributed by atoms with E-state index in [2.05, 4.69) is 19.2 Å². The molecular weight excluding hydrogens is 476 g/mol. The van der Waals surface area contributed by atoms with Crippen LogP contribution in [-0.2, 0) is 6.54 Å². The van der Waals surface area contributed by atoms with E-state index >= 15 is 0 Å². The number of hydrogen-bond donors (Lipinski definition) is 1. The van der Waals surface area contributed by atoms with Crippen LogP contribution in [0.2, 0.25) is 5.02 Å². The standard InChI is InChI=1S/C29H29ClN2O2S/c1-18-8-7-12-24(19(18)2)31-28(33)20-14-15-27-25(16-20)32(17-21-9-3-5-11-23(21)30)29(34)22-10-4-6-13-26(22)35-27/h3-6,9-11,13-16,18-19,24H,7-8,12,17H2,1-2H3,(H,31,33)/t18-,19+,24-/m1/s1. The van der Waals surface area contributed by atoms with E-state index in [1.54, 1.807) is 16.7 Å². The van der Waals surface area contributed by atoms with E-state index in [1.807, 2.05) is 66.7 Å². The van der Waals surface area contributed by atoms with Crippen LogP contribution in [0.3, 0.4) is 0 Å². The summed E-state index contributed by atoms with van der Waals surface area (Å²) in [6.07, 6.45) is 3.35. The Morgan fingerprint density at radius 2 is 1.80 bits per heavy atom. The van der Waals surface area contributed by atoms with Crippen LogP contribution in [-0.4, -0.2) is 17.9 Å². The Morgan fingerprint density at radius 1 is 1.03 bits per heavy atom. The van der Waals surface area contributed by atoms with Crippen LogP contribution in [0.25, 0.3) is 0 Å². The lowest BCUT2D eigenvalue weighted by Gasteiger charge is -2.34. The second-order valence-electron chi connectivity index (χ2n) is 9.61. The van der Waals surface area contributed by atoms with Gasteiger partial charge in [0.1, 0.15) is 0 Å². The first-order valence-electron chi connectivity index (χ1n) is 12.2. The summed E-state index contributed by atoms with van der Waals surface area (Å²) < 4.78 is 0. The van der Waals surface area contributed by atoms with Crippen molar-refractivity contribution in [2.45, 2.75) is 55.5 Å². The number of nitrogens with zero attached hydrogens (tertiary/aromatic N) is 1. The third-order valence-electron chi connectivity index (χ3n) is 7.40. The number of rotatable bonds is 4. The SMILES string of the molecule is C[C@H]1[C@H](C)CCC[C@H]1NC(=O)c1ccc2c(c1)N(Cc1ccccc1Cl)C(=O)c1ccccc1S2. The van der Waals surface area contributed by atoms with E-state index < -0.39 is 0 Å². The molecule has 1 fully saturated rings. The van der Waals surface area contributed by atoms with Crippen molar-refractivity contribution >= 4 is 40.9 Å². The molecule has 2 aliphatic rings. The van der Waals surface area contributed by atoms with Crippen LogP contribution in [0.1, 0.15) is 59.4 Å². The third-order valence-corrected chi connectivity index (χ3v) is 8.91. The van der Waals surface area contributed by atoms with Gasteiger partial charge in [0, 0.05) is 26.4 Å². The largest absolute Gasteiger partial charge is 0.349 e. The number of nitrogens with one attached hydrogen (secondary N) is 1. The van der Waals surface area contributed by atoms with Gasteiger partial charge in [-0.25, -0.2) is 0 Å². The minimum absolute atomic E-state index is 0.0874. The van der Waals surface area contributed by atoms with Crippen LogP contribution < -0.4 is 10.2 Å². The molecule has 1 N–H and O–H groups in total. The molecule has 1 aliphatic heterocycles. The second-order valence-corrected chi connectivity index (χ2v) is 11.1. The van der Waals surface area contributed by atoms with Crippen LogP contribution in [0.15, 0.2) is 76.5 Å². The Morgan fingerprint density at radius 3 is 2.63 bits per heavy atom. The average molecular weight is 505 g/mol. The zero-order valence-corrected chi connectivity index (χ0v) is 21.5. The average Bonchev–Trinajstić information content (AvgIpc) is 2.97. The first-order valence-corrected chi connectivity index (χ1v) is 13.4. The van der Waals surface area contributed by atoms with Crippen molar-refractivity contribution in [2.75, 3.05) is 4.90 Å². The van der Waals surface area contributed by atoms with E-state index in [4.69, 9.17) is 11.6 Å². The number of carbonyl (C=O) groups is 2. The fourth-order valence-electron chi connectivity index (χ4n) is 5.05. The number of fused-ring (bicyclic) bond motifs is 2. The highest BCUT2D eigenvalue weighted by Crippen LogP contribution is 2.42. The minimum Gasteiger partial charge on any atom is -0.349 e. The second kappa shape index (κ2) is 10.1. The fourth-order valence-corrected chi connectivity index (χ4v) is 6.31. The van der Waals surface area contributed by atoms with Gasteiger partial charge >= 0.3 is 0 Å². The lowest BCUT2D eigenvalue weighted by atomic mass is 9.78. The van der Waals surface area contributed by atoms with Crippen molar-refractivity contribution < 1.29 is 9.59 Å². The molecule has 5 rings (SSSR count). The first-order chi connectivity index (χ1) is 16.9. The summed E-state index contributed by atoms with van der Waals surface area (Å²) in [6.45, 7) is 4.81. The van der Waals surface area contributed by atoms with Gasteiger partial charge in [0.2, 0.25) is 0 Å². The molecule has 6 heteroatoms. The number of halogens is 1. The zero-order valence-electron chi connectivity index (χ0n) is 20.0. The molecule has 1 saturated carbocycles. The highest BCUT2D eigenvalue weighted by Gasteiger charge is 2.31. The van der Waals surface area contributed by atoms with Crippen molar-refractivity contribution in [1.29, 1.82) is 0 Å². The topological polar surface area (TPSA) is 49.4 Å². The Kier molecular flexibility index (Phi) is 6.90. The Bertz CT molecular complexity index is 1280. The molecule has 35 heavy (non-hydrogen) atoms. The zero-order chi connectivity index (χ0) is 24.5. The molecule has 1 heterocycles. The molecule has 0 bridgehead atoms. The van der Waals surface area contributed by atoms with Crippen LogP contribution in [0.4, 0.5) is 5.69 Å². The van der Waals surface area contributed by atoms with Gasteiger partial charge in [0.15, 0.2) is 0 Å². The smallest absolute Gasteiger partial charge is 0.259 e. The van der Waals surface area contributed by atoms with Gasteiger partial charge < -0.3 is 10.2 Å². The highest BCUT2D eigenvalue weighted by molar-refractivity contribution is 7.99. The van der Waals surface area contributed by atoms with Gasteiger partial charge in [-0.2, -0.15) is 0 Å². The van der Waals surface area contributed by atoms with Gasteiger partial charge in [-0.15, -0.1) is 0 Å². The monoisotopic (exact) mass is 504 g/mol. The third kappa shape index (κ3) is 4.85. The van der Waals surface area contributed by atoms with E-state index in [1.165, 1.54) is 6.42 Å². The molecule has 2 amide bonds. The van der Waals surface area contributed by atoms with E-state index in [0.29, 0.717) is 34.5 Å². The summed E-state index contributed by atoms with van der Waals surface area (Å²) in [6, 6.07) is 21.1. The molecule has 0 aromatic heterocycles. The molecule has 3 atom stereocenters. The molecule has 0 radical (unpaired) electrons. The van der Waals surface area contributed by atoms with Crippen LogP contribution in [0.5, 0.6) is 0 Å². The van der Waals surface area contributed by atoms with Crippen molar-refractivity contribution in [2.24, 2.45) is 11.8 Å². The lowest BCUT2D eigenvalue weighted by Crippen LogP contribution is -2.43. The quantitative estimate of drug-likeness (QED) is 0.408. The predicted molar refractivity (Wildman–Crippen MR) is 142 cm³/mol. The van der Waals surface area contributed by atoms with Crippen molar-refractivity contribution in [1.82, 2.24) is 5.32 Å². The number of anilines is 1. The lowest BCUT2D eigenvalue weighted by molar-refractivity contribution is 0.0889. The van der Waals surface area contributed by atoms with Crippen LogP contribution >= 0.6 is 23.4 Å². The van der Waals surface area contributed by atoms with Gasteiger partial charge in [-0.3, -0.25) is 9.59 Å². The summed E-state index contributed by atoms with van der Waals surface area (Å²) in [4.78, 5) is 30.7. The normalized spacial score (nSPS) is 21.6. The minimum atomic E-state index is -0.0981. The highest BCUT2D eigenvalue weighted by atomic mass is 35.5. The molecule has 3 aromatic rings. The maximum Gasteiger partial charge on any atom is 0.259 e. The maximum absolute atomic E-state index is 13.8. The summed E-state index contributed by atoms with van der Waals surface area (Å²) in [5.41, 5.74) is 2.81. The van der Waals surface area contributed by atoms with Crippen molar-refractivity contribution in [3.63, 3.8) is 0 Å². The Hall–Kier alpha value is -2.76. The molecule has 4 nitrogen and oxygen atoms in total. The van der Waals surface area contributed by atoms with Crippen molar-refractivity contribution in [3.8, 4) is 0 Å². The van der Waals surface area contributed by atoms with E-state index in [9.17, 15) is 9.59 Å². The molecule has 0 unspecified atom stereocenters. The van der Waals surface area contributed by atoms with Crippen LogP contribution in [0, 0.1) is 11.8 Å². The number of hydrogen-bond acceptors (Lipinski definition) is 3. The number of amides is 2. The summed E-state index contributed by atoms with van der Waals surface area (Å²) in [7, 11) is 0. The van der Waals surface area contributed by atoms with E-state index in [-0.39, 0.29) is 17.9 Å². The molecule has 0 saturated heterocycles. The summed E-state index contributed by atoms with van der Waals surface area (Å²) >= 11 is 8.02. The van der Waals surface area contributed by atoms with E-state index in [0.717, 1.165) is 33.9 Å². The van der Waals surface area contributed by atoms with Gasteiger partial charge in [-0.05, 0) is 60.2 Å². The summed E-state index contributed by atoms with van der Waals surface area (Å²) in [5.74, 6) is 0.853. The van der Waals surface area contributed by atoms with Gasteiger partial charge in [0.25, 0.3) is 11.8 Å². The molecular formula is C29H29ClN2O2S. The molecule has 0 spiro atoms. The van der Waals surface area contributed by atoms with Crippen molar-refractivity contribution in [3.05, 3.63) is 88.4 Å². The number of carbonyl (C=O) groups excluding carboxylic acids is 2.